The molecule has 4 rings (SSSR count). The van der Waals surface area contributed by atoms with Gasteiger partial charge in [-0.1, -0.05) is 12.1 Å². The zero-order chi connectivity index (χ0) is 17.7. The van der Waals surface area contributed by atoms with Crippen LogP contribution in [0.3, 0.4) is 0 Å². The Bertz CT molecular complexity index is 760. The number of carboxylic acids is 1. The molecule has 0 radical (unpaired) electrons. The summed E-state index contributed by atoms with van der Waals surface area (Å²) in [6.07, 6.45) is 1.69. The minimum Gasteiger partial charge on any atom is -0.480 e. The number of benzene rings is 1. The third-order valence-electron chi connectivity index (χ3n) is 4.98. The highest BCUT2D eigenvalue weighted by atomic mass is 32.2. The first kappa shape index (κ1) is 16.1. The van der Waals surface area contributed by atoms with Crippen LogP contribution in [0.15, 0.2) is 24.3 Å². The highest BCUT2D eigenvalue weighted by Crippen LogP contribution is 2.38. The van der Waals surface area contributed by atoms with E-state index in [2.05, 4.69) is 0 Å². The van der Waals surface area contributed by atoms with Crippen LogP contribution in [0.5, 0.6) is 0 Å². The van der Waals surface area contributed by atoms with Gasteiger partial charge in [0.25, 0.3) is 11.8 Å². The number of rotatable bonds is 2. The molecule has 1 aromatic carbocycles. The number of thioether (sulfide) groups is 1. The molecule has 3 aliphatic rings. The van der Waals surface area contributed by atoms with E-state index in [-0.39, 0.29) is 5.37 Å². The zero-order valence-electron chi connectivity index (χ0n) is 13.3. The molecule has 0 bridgehead atoms. The fourth-order valence-electron chi connectivity index (χ4n) is 3.78. The van der Waals surface area contributed by atoms with Crippen molar-refractivity contribution in [2.45, 2.75) is 36.7 Å². The number of carbonyl (C=O) groups is 4. The van der Waals surface area contributed by atoms with Gasteiger partial charge in [0.15, 0.2) is 0 Å². The van der Waals surface area contributed by atoms with Gasteiger partial charge in [-0.25, -0.2) is 4.79 Å². The summed E-state index contributed by atoms with van der Waals surface area (Å²) < 4.78 is 0. The highest BCUT2D eigenvalue weighted by Gasteiger charge is 2.50. The molecule has 25 heavy (non-hydrogen) atoms. The van der Waals surface area contributed by atoms with Crippen molar-refractivity contribution >= 4 is 35.5 Å². The SMILES string of the molecule is O=C(O)[C@@H]1CS[C@H]2CCC[C@H](N3C(=O)c4ccccc4C3=O)C(=O)N21. The third kappa shape index (κ3) is 2.35. The van der Waals surface area contributed by atoms with Crippen LogP contribution in [0.25, 0.3) is 0 Å². The summed E-state index contributed by atoms with van der Waals surface area (Å²) >= 11 is 1.45. The summed E-state index contributed by atoms with van der Waals surface area (Å²) in [5.74, 6) is -2.10. The highest BCUT2D eigenvalue weighted by molar-refractivity contribution is 8.00. The van der Waals surface area contributed by atoms with E-state index < -0.39 is 35.8 Å². The van der Waals surface area contributed by atoms with Crippen LogP contribution >= 0.6 is 11.8 Å². The van der Waals surface area contributed by atoms with Gasteiger partial charge in [0.1, 0.15) is 12.1 Å². The number of fused-ring (bicyclic) bond motifs is 2. The first-order valence-electron chi connectivity index (χ1n) is 8.14. The maximum atomic E-state index is 13.1. The number of aliphatic carboxylic acids is 1. The van der Waals surface area contributed by atoms with Gasteiger partial charge >= 0.3 is 5.97 Å². The maximum Gasteiger partial charge on any atom is 0.327 e. The average Bonchev–Trinajstić information content (AvgIpc) is 3.08. The van der Waals surface area contributed by atoms with Crippen molar-refractivity contribution < 1.29 is 24.3 Å². The molecule has 2 saturated heterocycles. The molecule has 8 heteroatoms. The minimum atomic E-state index is -1.05. The molecule has 3 amide bonds. The van der Waals surface area contributed by atoms with Crippen LogP contribution in [-0.2, 0) is 9.59 Å². The molecule has 3 aliphatic heterocycles. The van der Waals surface area contributed by atoms with Crippen molar-refractivity contribution in [3.63, 3.8) is 0 Å². The monoisotopic (exact) mass is 360 g/mol. The fourth-order valence-corrected chi connectivity index (χ4v) is 5.24. The van der Waals surface area contributed by atoms with Crippen LogP contribution in [0.1, 0.15) is 40.0 Å². The van der Waals surface area contributed by atoms with Crippen molar-refractivity contribution in [3.05, 3.63) is 35.4 Å². The molecule has 0 spiro atoms. The molecule has 0 saturated carbocycles. The Morgan fingerprint density at radius 1 is 1.08 bits per heavy atom. The van der Waals surface area contributed by atoms with E-state index in [1.807, 2.05) is 0 Å². The summed E-state index contributed by atoms with van der Waals surface area (Å²) in [5, 5.41) is 9.20. The van der Waals surface area contributed by atoms with E-state index >= 15 is 0 Å². The fraction of sp³-hybridized carbons (Fsp3) is 0.412. The molecule has 130 valence electrons. The largest absolute Gasteiger partial charge is 0.480 e. The second-order valence-electron chi connectivity index (χ2n) is 6.36. The lowest BCUT2D eigenvalue weighted by Gasteiger charge is -2.31. The van der Waals surface area contributed by atoms with E-state index in [9.17, 15) is 24.3 Å². The number of hydrogen-bond donors (Lipinski definition) is 1. The van der Waals surface area contributed by atoms with Crippen molar-refractivity contribution in [2.24, 2.45) is 0 Å². The Morgan fingerprint density at radius 2 is 1.72 bits per heavy atom. The van der Waals surface area contributed by atoms with Gasteiger partial charge in [-0.3, -0.25) is 19.3 Å². The van der Waals surface area contributed by atoms with E-state index in [1.54, 1.807) is 24.3 Å². The van der Waals surface area contributed by atoms with Crippen LogP contribution in [0.2, 0.25) is 0 Å². The van der Waals surface area contributed by atoms with Gasteiger partial charge in [0.2, 0.25) is 5.91 Å². The summed E-state index contributed by atoms with van der Waals surface area (Å²) in [7, 11) is 0. The summed E-state index contributed by atoms with van der Waals surface area (Å²) in [6.45, 7) is 0. The van der Waals surface area contributed by atoms with Crippen molar-refractivity contribution in [1.82, 2.24) is 9.80 Å². The molecule has 3 atom stereocenters. The number of amides is 3. The topological polar surface area (TPSA) is 95.0 Å². The van der Waals surface area contributed by atoms with E-state index in [4.69, 9.17) is 0 Å². The normalized spacial score (nSPS) is 28.8. The zero-order valence-corrected chi connectivity index (χ0v) is 14.1. The van der Waals surface area contributed by atoms with Crippen molar-refractivity contribution in [1.29, 1.82) is 0 Å². The number of carboxylic acid groups (broad SMARTS) is 1. The Hall–Kier alpha value is -2.35. The Morgan fingerprint density at radius 3 is 2.32 bits per heavy atom. The minimum absolute atomic E-state index is 0.200. The first-order valence-corrected chi connectivity index (χ1v) is 9.19. The first-order chi connectivity index (χ1) is 12.0. The molecular formula is C17H16N2O5S. The quantitative estimate of drug-likeness (QED) is 0.796. The maximum absolute atomic E-state index is 13.1. The van der Waals surface area contributed by atoms with E-state index in [1.165, 1.54) is 16.7 Å². The van der Waals surface area contributed by atoms with Gasteiger partial charge in [-0.2, -0.15) is 0 Å². The lowest BCUT2D eigenvalue weighted by Crippen LogP contribution is -2.54. The van der Waals surface area contributed by atoms with Crippen molar-refractivity contribution in [2.75, 3.05) is 5.75 Å². The Balaban J connectivity index is 1.69. The number of carbonyl (C=O) groups excluding carboxylic acids is 3. The third-order valence-corrected chi connectivity index (χ3v) is 6.34. The molecule has 0 aliphatic carbocycles. The average molecular weight is 360 g/mol. The molecule has 1 aromatic rings. The van der Waals surface area contributed by atoms with Crippen molar-refractivity contribution in [3.8, 4) is 0 Å². The molecule has 2 fully saturated rings. The van der Waals surface area contributed by atoms with Gasteiger partial charge in [0, 0.05) is 5.75 Å². The second-order valence-corrected chi connectivity index (χ2v) is 7.57. The lowest BCUT2D eigenvalue weighted by atomic mass is 10.1. The summed E-state index contributed by atoms with van der Waals surface area (Å²) in [4.78, 5) is 52.3. The molecule has 0 unspecified atom stereocenters. The van der Waals surface area contributed by atoms with Gasteiger partial charge in [-0.05, 0) is 31.4 Å². The van der Waals surface area contributed by atoms with Gasteiger partial charge in [-0.15, -0.1) is 11.8 Å². The van der Waals surface area contributed by atoms with Crippen LogP contribution in [-0.4, -0.2) is 61.8 Å². The van der Waals surface area contributed by atoms with Gasteiger partial charge < -0.3 is 10.0 Å². The molecule has 0 aromatic heterocycles. The van der Waals surface area contributed by atoms with Gasteiger partial charge in [0.05, 0.1) is 16.5 Å². The summed E-state index contributed by atoms with van der Waals surface area (Å²) in [6, 6.07) is 4.67. The van der Waals surface area contributed by atoms with Crippen LogP contribution in [0.4, 0.5) is 0 Å². The standard InChI is InChI=1S/C17H16N2O5S/c20-14-9-4-1-2-5-10(9)15(21)19(14)11-6-3-7-13-18(16(11)22)12(8-25-13)17(23)24/h1-2,4-5,11-13H,3,6-8H2,(H,23,24)/t11-,12-,13-/m0/s1. The van der Waals surface area contributed by atoms with E-state index in [0.717, 1.165) is 4.90 Å². The lowest BCUT2D eigenvalue weighted by molar-refractivity contribution is -0.150. The number of imide groups is 1. The van der Waals surface area contributed by atoms with E-state index in [0.29, 0.717) is 36.1 Å². The Labute approximate surface area is 148 Å². The predicted molar refractivity (Wildman–Crippen MR) is 89.1 cm³/mol. The number of hydrogen-bond acceptors (Lipinski definition) is 5. The van der Waals surface area contributed by atoms with Crippen LogP contribution in [0, 0.1) is 0 Å². The smallest absolute Gasteiger partial charge is 0.327 e. The molecule has 7 nitrogen and oxygen atoms in total. The molecular weight excluding hydrogens is 344 g/mol. The predicted octanol–water partition coefficient (Wildman–Crippen LogP) is 1.19. The van der Waals surface area contributed by atoms with Crippen LogP contribution < -0.4 is 0 Å². The molecule has 3 heterocycles. The summed E-state index contributed by atoms with van der Waals surface area (Å²) in [5.41, 5.74) is 0.596. The second kappa shape index (κ2) is 5.87. The Kier molecular flexibility index (Phi) is 3.79. The number of nitrogens with zero attached hydrogens (tertiary/aromatic N) is 2. The molecule has 1 N–H and O–H groups in total.